The van der Waals surface area contributed by atoms with Gasteiger partial charge < -0.3 is 20.1 Å². The van der Waals surface area contributed by atoms with E-state index < -0.39 is 11.9 Å². The summed E-state index contributed by atoms with van der Waals surface area (Å²) in [6.07, 6.45) is 2.27. The van der Waals surface area contributed by atoms with Crippen LogP contribution in [0.4, 0.5) is 4.79 Å². The van der Waals surface area contributed by atoms with Crippen molar-refractivity contribution in [1.82, 2.24) is 10.6 Å². The smallest absolute Gasteiger partial charge is 0.331 e. The molecule has 0 fully saturated rings. The van der Waals surface area contributed by atoms with Gasteiger partial charge in [0, 0.05) is 25.2 Å². The molecule has 2 N–H and O–H groups in total. The van der Waals surface area contributed by atoms with Crippen molar-refractivity contribution >= 4 is 18.0 Å². The topological polar surface area (TPSA) is 93.7 Å². The summed E-state index contributed by atoms with van der Waals surface area (Å²) < 4.78 is 9.74. The van der Waals surface area contributed by atoms with Crippen LogP contribution in [-0.4, -0.2) is 37.2 Å². The van der Waals surface area contributed by atoms with Crippen LogP contribution in [0.1, 0.15) is 25.8 Å². The minimum Gasteiger partial charge on any atom is -0.462 e. The molecule has 0 spiro atoms. The van der Waals surface area contributed by atoms with Gasteiger partial charge in [-0.05, 0) is 25.8 Å². The van der Waals surface area contributed by atoms with E-state index in [4.69, 9.17) is 9.47 Å². The molecule has 0 radical (unpaired) electrons. The van der Waals surface area contributed by atoms with E-state index in [0.29, 0.717) is 19.5 Å². The molecular formula is C18H24N2O5. The fraction of sp³-hybridized carbons (Fsp3) is 0.389. The lowest BCUT2D eigenvalue weighted by Gasteiger charge is -2.07. The summed E-state index contributed by atoms with van der Waals surface area (Å²) in [7, 11) is 0. The van der Waals surface area contributed by atoms with Gasteiger partial charge in [0.05, 0.1) is 12.7 Å². The standard InChI is InChI=1S/C18H24N2O5/c1-14(2)25-17(22)10-9-16(21)24-12-6-11-19-18(23)20-13-15-7-4-3-5-8-15/h3-5,7-10,14H,6,11-13H2,1-2H3,(H2,19,20,23)/b10-9+. The molecule has 7 nitrogen and oxygen atoms in total. The van der Waals surface area contributed by atoms with Crippen LogP contribution in [0.2, 0.25) is 0 Å². The number of ether oxygens (including phenoxy) is 2. The number of rotatable bonds is 9. The quantitative estimate of drug-likeness (QED) is 0.404. The molecule has 0 aliphatic heterocycles. The van der Waals surface area contributed by atoms with Gasteiger partial charge in [-0.15, -0.1) is 0 Å². The number of nitrogens with one attached hydrogen (secondary N) is 2. The van der Waals surface area contributed by atoms with Gasteiger partial charge in [0.2, 0.25) is 0 Å². The molecule has 0 aliphatic rings. The summed E-state index contributed by atoms with van der Waals surface area (Å²) in [5, 5.41) is 5.39. The summed E-state index contributed by atoms with van der Waals surface area (Å²) in [5.41, 5.74) is 1.01. The molecular weight excluding hydrogens is 324 g/mol. The van der Waals surface area contributed by atoms with E-state index in [1.165, 1.54) is 0 Å². The highest BCUT2D eigenvalue weighted by molar-refractivity contribution is 5.91. The van der Waals surface area contributed by atoms with Crippen LogP contribution in [0.15, 0.2) is 42.5 Å². The number of hydrogen-bond donors (Lipinski definition) is 2. The average molecular weight is 348 g/mol. The zero-order valence-electron chi connectivity index (χ0n) is 14.5. The van der Waals surface area contributed by atoms with E-state index in [1.807, 2.05) is 30.3 Å². The molecule has 136 valence electrons. The number of carbonyl (C=O) groups is 3. The van der Waals surface area contributed by atoms with Crippen LogP contribution in [0.3, 0.4) is 0 Å². The van der Waals surface area contributed by atoms with Crippen molar-refractivity contribution in [3.8, 4) is 0 Å². The Bertz CT molecular complexity index is 584. The van der Waals surface area contributed by atoms with Crippen LogP contribution in [0, 0.1) is 0 Å². The van der Waals surface area contributed by atoms with Gasteiger partial charge in [-0.3, -0.25) is 0 Å². The van der Waals surface area contributed by atoms with Gasteiger partial charge in [-0.25, -0.2) is 14.4 Å². The molecule has 0 saturated carbocycles. The average Bonchev–Trinajstić information content (AvgIpc) is 2.58. The van der Waals surface area contributed by atoms with Crippen LogP contribution in [0.5, 0.6) is 0 Å². The summed E-state index contributed by atoms with van der Waals surface area (Å²) in [6.45, 7) is 4.38. The Labute approximate surface area is 147 Å². The van der Waals surface area contributed by atoms with Crippen LogP contribution in [0.25, 0.3) is 0 Å². The molecule has 0 unspecified atom stereocenters. The van der Waals surface area contributed by atoms with Gasteiger partial charge in [-0.2, -0.15) is 0 Å². The predicted molar refractivity (Wildman–Crippen MR) is 92.6 cm³/mol. The summed E-state index contributed by atoms with van der Waals surface area (Å²) in [4.78, 5) is 34.2. The van der Waals surface area contributed by atoms with Crippen LogP contribution < -0.4 is 10.6 Å². The van der Waals surface area contributed by atoms with Crippen LogP contribution >= 0.6 is 0 Å². The van der Waals surface area contributed by atoms with Gasteiger partial charge in [0.25, 0.3) is 0 Å². The Morgan fingerprint density at radius 1 is 1.04 bits per heavy atom. The Kier molecular flexibility index (Phi) is 9.43. The van der Waals surface area contributed by atoms with Crippen molar-refractivity contribution in [1.29, 1.82) is 0 Å². The third kappa shape index (κ3) is 10.5. The molecule has 0 aliphatic carbocycles. The lowest BCUT2D eigenvalue weighted by Crippen LogP contribution is -2.35. The second-order valence-electron chi connectivity index (χ2n) is 5.44. The highest BCUT2D eigenvalue weighted by atomic mass is 16.5. The van der Waals surface area contributed by atoms with Crippen molar-refractivity contribution in [3.05, 3.63) is 48.0 Å². The number of urea groups is 1. The zero-order valence-corrected chi connectivity index (χ0v) is 14.5. The number of carbonyl (C=O) groups excluding carboxylic acids is 3. The number of benzene rings is 1. The van der Waals surface area contributed by atoms with Crippen molar-refractivity contribution in [3.63, 3.8) is 0 Å². The van der Waals surface area contributed by atoms with Crippen molar-refractivity contribution in [2.24, 2.45) is 0 Å². The molecule has 1 rings (SSSR count). The number of amides is 2. The largest absolute Gasteiger partial charge is 0.462 e. The molecule has 1 aromatic rings. The van der Waals surface area contributed by atoms with E-state index in [0.717, 1.165) is 17.7 Å². The van der Waals surface area contributed by atoms with E-state index >= 15 is 0 Å². The van der Waals surface area contributed by atoms with Crippen molar-refractivity contribution in [2.45, 2.75) is 32.9 Å². The minimum absolute atomic E-state index is 0.140. The maximum absolute atomic E-state index is 11.6. The minimum atomic E-state index is -0.630. The van der Waals surface area contributed by atoms with E-state index in [9.17, 15) is 14.4 Å². The molecule has 0 bridgehead atoms. The van der Waals surface area contributed by atoms with Gasteiger partial charge >= 0.3 is 18.0 Å². The molecule has 2 amide bonds. The Morgan fingerprint density at radius 3 is 2.40 bits per heavy atom. The third-order valence-electron chi connectivity index (χ3n) is 2.85. The second-order valence-corrected chi connectivity index (χ2v) is 5.44. The molecule has 25 heavy (non-hydrogen) atoms. The molecule has 7 heteroatoms. The molecule has 0 aromatic heterocycles. The summed E-state index contributed by atoms with van der Waals surface area (Å²) in [5.74, 6) is -1.22. The molecule has 0 atom stereocenters. The first-order valence-electron chi connectivity index (χ1n) is 8.08. The monoisotopic (exact) mass is 348 g/mol. The normalized spacial score (nSPS) is 10.5. The van der Waals surface area contributed by atoms with Crippen molar-refractivity contribution < 1.29 is 23.9 Å². The number of esters is 2. The van der Waals surface area contributed by atoms with Gasteiger partial charge in [0.1, 0.15) is 0 Å². The Hall–Kier alpha value is -2.83. The molecule has 0 heterocycles. The Balaban J connectivity index is 2.07. The first kappa shape index (κ1) is 20.2. The first-order chi connectivity index (χ1) is 12.0. The highest BCUT2D eigenvalue weighted by Gasteiger charge is 2.03. The van der Waals surface area contributed by atoms with E-state index in [1.54, 1.807) is 13.8 Å². The SMILES string of the molecule is CC(C)OC(=O)/C=C/C(=O)OCCCNC(=O)NCc1ccccc1. The highest BCUT2D eigenvalue weighted by Crippen LogP contribution is 1.96. The lowest BCUT2D eigenvalue weighted by atomic mass is 10.2. The van der Waals surface area contributed by atoms with Crippen molar-refractivity contribution in [2.75, 3.05) is 13.2 Å². The molecule has 1 aromatic carbocycles. The maximum atomic E-state index is 11.6. The Morgan fingerprint density at radius 2 is 1.72 bits per heavy atom. The predicted octanol–water partition coefficient (Wildman–Crippen LogP) is 1.93. The third-order valence-corrected chi connectivity index (χ3v) is 2.85. The van der Waals surface area contributed by atoms with Crippen LogP contribution in [-0.2, 0) is 25.6 Å². The summed E-state index contributed by atoms with van der Waals surface area (Å²) in [6, 6.07) is 9.27. The fourth-order valence-corrected chi connectivity index (χ4v) is 1.74. The zero-order chi connectivity index (χ0) is 18.5. The van der Waals surface area contributed by atoms with Gasteiger partial charge in [-0.1, -0.05) is 30.3 Å². The number of hydrogen-bond acceptors (Lipinski definition) is 5. The van der Waals surface area contributed by atoms with Gasteiger partial charge in [0.15, 0.2) is 0 Å². The lowest BCUT2D eigenvalue weighted by molar-refractivity contribution is -0.142. The molecule has 0 saturated heterocycles. The van der Waals surface area contributed by atoms with E-state index in [2.05, 4.69) is 10.6 Å². The maximum Gasteiger partial charge on any atom is 0.331 e. The van der Waals surface area contributed by atoms with E-state index in [-0.39, 0.29) is 18.7 Å². The second kappa shape index (κ2) is 11.7. The first-order valence-corrected chi connectivity index (χ1v) is 8.08. The summed E-state index contributed by atoms with van der Waals surface area (Å²) >= 11 is 0. The fourth-order valence-electron chi connectivity index (χ4n) is 1.74.